The van der Waals surface area contributed by atoms with Gasteiger partial charge in [0.1, 0.15) is 0 Å². The van der Waals surface area contributed by atoms with Gasteiger partial charge in [0, 0.05) is 12.5 Å². The van der Waals surface area contributed by atoms with Crippen molar-refractivity contribution in [1.29, 1.82) is 0 Å². The summed E-state index contributed by atoms with van der Waals surface area (Å²) in [7, 11) is 0. The molecule has 0 aliphatic carbocycles. The lowest BCUT2D eigenvalue weighted by molar-refractivity contribution is 0.302. The number of halogens is 1. The third-order valence-electron chi connectivity index (χ3n) is 2.72. The van der Waals surface area contributed by atoms with Crippen LogP contribution in [0.1, 0.15) is 64.2 Å². The van der Waals surface area contributed by atoms with E-state index < -0.39 is 0 Å². The van der Waals surface area contributed by atoms with Crippen molar-refractivity contribution in [3.8, 4) is 0 Å². The van der Waals surface area contributed by atoms with Gasteiger partial charge in [-0.2, -0.15) is 0 Å². The maximum atomic E-state index is 8.57. The van der Waals surface area contributed by atoms with Gasteiger partial charge in [0.15, 0.2) is 0 Å². The van der Waals surface area contributed by atoms with Crippen molar-refractivity contribution in [2.75, 3.05) is 12.5 Å². The second-order valence-corrected chi connectivity index (χ2v) is 4.67. The van der Waals surface area contributed by atoms with Crippen LogP contribution in [0.2, 0.25) is 0 Å². The first-order valence-electron chi connectivity index (χ1n) is 6.73. The van der Waals surface area contributed by atoms with E-state index in [9.17, 15) is 0 Å². The lowest BCUT2D eigenvalue weighted by atomic mass is 10.1. The zero-order valence-electron chi connectivity index (χ0n) is 10.5. The summed E-state index contributed by atoms with van der Waals surface area (Å²) in [4.78, 5) is 0. The van der Waals surface area contributed by atoms with E-state index in [0.29, 0.717) is 0 Å². The average Bonchev–Trinajstić information content (AvgIpc) is 2.31. The Labute approximate surface area is 106 Å². The molecule has 0 bridgehead atoms. The highest BCUT2D eigenvalue weighted by atomic mass is 35.5. The third-order valence-corrected chi connectivity index (χ3v) is 2.98. The topological polar surface area (TPSA) is 20.2 Å². The summed E-state index contributed by atoms with van der Waals surface area (Å²) < 4.78 is 0. The Hall–Kier alpha value is -0.0100. The Bertz CT molecular complexity index is 146. The van der Waals surface area contributed by atoms with Crippen LogP contribution in [0.4, 0.5) is 0 Å². The minimum absolute atomic E-state index is 0.277. The van der Waals surface area contributed by atoms with Crippen LogP contribution in [-0.2, 0) is 0 Å². The fourth-order valence-corrected chi connectivity index (χ4v) is 1.92. The highest BCUT2D eigenvalue weighted by molar-refractivity contribution is 6.17. The lowest BCUT2D eigenvalue weighted by Crippen LogP contribution is -1.82. The van der Waals surface area contributed by atoms with E-state index in [1.165, 1.54) is 57.8 Å². The first-order chi connectivity index (χ1) is 7.91. The molecule has 0 spiro atoms. The number of unbranched alkanes of at least 4 members (excludes halogenated alkanes) is 8. The van der Waals surface area contributed by atoms with Crippen molar-refractivity contribution in [1.82, 2.24) is 0 Å². The van der Waals surface area contributed by atoms with Crippen molar-refractivity contribution in [3.05, 3.63) is 12.2 Å². The Morgan fingerprint density at radius 3 is 1.75 bits per heavy atom. The minimum atomic E-state index is 0.277. The zero-order chi connectivity index (χ0) is 11.9. The molecule has 0 unspecified atom stereocenters. The third kappa shape index (κ3) is 14.0. The van der Waals surface area contributed by atoms with Gasteiger partial charge in [-0.25, -0.2) is 0 Å². The molecule has 0 saturated carbocycles. The van der Waals surface area contributed by atoms with Gasteiger partial charge in [0.05, 0.1) is 0 Å². The van der Waals surface area contributed by atoms with Gasteiger partial charge >= 0.3 is 0 Å². The van der Waals surface area contributed by atoms with Gasteiger partial charge in [0.25, 0.3) is 0 Å². The fourth-order valence-electron chi connectivity index (χ4n) is 1.73. The molecule has 0 atom stereocenters. The van der Waals surface area contributed by atoms with Crippen LogP contribution >= 0.6 is 11.6 Å². The molecule has 96 valence electrons. The number of allylic oxidation sites excluding steroid dienone is 1. The van der Waals surface area contributed by atoms with E-state index in [1.54, 1.807) is 0 Å². The summed E-state index contributed by atoms with van der Waals surface area (Å²) in [5.74, 6) is 0.820. The molecule has 0 fully saturated rings. The standard InChI is InChI=1S/C14H27ClO/c15-13-11-9-7-5-3-1-2-4-6-8-10-12-14-16/h8,10,16H,1-7,9,11-14H2/b10-8+. The number of hydrogen-bond donors (Lipinski definition) is 1. The molecular formula is C14H27ClO. The van der Waals surface area contributed by atoms with Crippen molar-refractivity contribution < 1.29 is 5.11 Å². The molecule has 16 heavy (non-hydrogen) atoms. The molecule has 1 nitrogen and oxygen atoms in total. The lowest BCUT2D eigenvalue weighted by Gasteiger charge is -2.00. The second kappa shape index (κ2) is 15.0. The fraction of sp³-hybridized carbons (Fsp3) is 0.857. The number of aliphatic hydroxyl groups is 1. The van der Waals surface area contributed by atoms with Crippen LogP contribution in [0.25, 0.3) is 0 Å². The Morgan fingerprint density at radius 1 is 0.688 bits per heavy atom. The number of alkyl halides is 1. The van der Waals surface area contributed by atoms with Gasteiger partial charge < -0.3 is 5.11 Å². The first kappa shape index (κ1) is 16.0. The summed E-state index contributed by atoms with van der Waals surface area (Å²) in [6.45, 7) is 0.277. The first-order valence-corrected chi connectivity index (χ1v) is 7.27. The molecule has 2 heteroatoms. The molecular weight excluding hydrogens is 220 g/mol. The summed E-state index contributed by atoms with van der Waals surface area (Å²) in [5, 5.41) is 8.57. The van der Waals surface area contributed by atoms with Crippen LogP contribution in [0.5, 0.6) is 0 Å². The van der Waals surface area contributed by atoms with E-state index in [-0.39, 0.29) is 6.61 Å². The molecule has 0 radical (unpaired) electrons. The van der Waals surface area contributed by atoms with Crippen molar-refractivity contribution in [2.45, 2.75) is 64.2 Å². The second-order valence-electron chi connectivity index (χ2n) is 4.29. The maximum absolute atomic E-state index is 8.57. The Kier molecular flexibility index (Phi) is 15.0. The van der Waals surface area contributed by atoms with Crippen molar-refractivity contribution >= 4 is 11.6 Å². The van der Waals surface area contributed by atoms with Crippen molar-refractivity contribution in [3.63, 3.8) is 0 Å². The molecule has 1 N–H and O–H groups in total. The van der Waals surface area contributed by atoms with Gasteiger partial charge in [-0.15, -0.1) is 11.6 Å². The highest BCUT2D eigenvalue weighted by Crippen LogP contribution is 2.10. The largest absolute Gasteiger partial charge is 0.396 e. The molecule has 0 aromatic rings. The smallest absolute Gasteiger partial charge is 0.0465 e. The van der Waals surface area contributed by atoms with E-state index in [0.717, 1.165) is 12.3 Å². The number of aliphatic hydroxyl groups excluding tert-OH is 1. The molecule has 0 rings (SSSR count). The normalized spacial score (nSPS) is 11.4. The quantitative estimate of drug-likeness (QED) is 0.301. The van der Waals surface area contributed by atoms with Crippen LogP contribution in [-0.4, -0.2) is 17.6 Å². The SMILES string of the molecule is OCC/C=C/CCCCCCCCCCCl. The van der Waals surface area contributed by atoms with Crippen LogP contribution in [0, 0.1) is 0 Å². The minimum Gasteiger partial charge on any atom is -0.396 e. The van der Waals surface area contributed by atoms with Crippen LogP contribution < -0.4 is 0 Å². The summed E-state index contributed by atoms with van der Waals surface area (Å²) in [6, 6.07) is 0. The molecule has 0 aromatic heterocycles. The highest BCUT2D eigenvalue weighted by Gasteiger charge is 1.91. The predicted octanol–water partition coefficient (Wildman–Crippen LogP) is 4.67. The Balaban J connectivity index is 2.93. The molecule has 0 amide bonds. The number of rotatable bonds is 12. The van der Waals surface area contributed by atoms with Crippen LogP contribution in [0.3, 0.4) is 0 Å². The van der Waals surface area contributed by atoms with Gasteiger partial charge in [-0.3, -0.25) is 0 Å². The van der Waals surface area contributed by atoms with E-state index in [4.69, 9.17) is 16.7 Å². The molecule has 0 heterocycles. The number of hydrogen-bond acceptors (Lipinski definition) is 1. The summed E-state index contributed by atoms with van der Waals surface area (Å²) in [5.41, 5.74) is 0. The zero-order valence-corrected chi connectivity index (χ0v) is 11.2. The predicted molar refractivity (Wildman–Crippen MR) is 73.1 cm³/mol. The maximum Gasteiger partial charge on any atom is 0.0465 e. The average molecular weight is 247 g/mol. The monoisotopic (exact) mass is 246 g/mol. The molecule has 0 aliphatic rings. The van der Waals surface area contributed by atoms with E-state index in [1.807, 2.05) is 0 Å². The van der Waals surface area contributed by atoms with Gasteiger partial charge in [-0.05, 0) is 25.7 Å². The molecule has 0 saturated heterocycles. The molecule has 0 aromatic carbocycles. The van der Waals surface area contributed by atoms with Crippen molar-refractivity contribution in [2.24, 2.45) is 0 Å². The molecule has 0 aliphatic heterocycles. The summed E-state index contributed by atoms with van der Waals surface area (Å²) >= 11 is 5.61. The Morgan fingerprint density at radius 2 is 1.19 bits per heavy atom. The van der Waals surface area contributed by atoms with Crippen LogP contribution in [0.15, 0.2) is 12.2 Å². The summed E-state index contributed by atoms with van der Waals surface area (Å²) in [6.07, 6.45) is 16.8. The van der Waals surface area contributed by atoms with E-state index in [2.05, 4.69) is 12.2 Å². The van der Waals surface area contributed by atoms with E-state index >= 15 is 0 Å². The van der Waals surface area contributed by atoms with Gasteiger partial charge in [0.2, 0.25) is 0 Å². The van der Waals surface area contributed by atoms with Gasteiger partial charge in [-0.1, -0.05) is 50.7 Å².